The van der Waals surface area contributed by atoms with Crippen molar-refractivity contribution in [2.24, 2.45) is 0 Å². The van der Waals surface area contributed by atoms with E-state index in [0.29, 0.717) is 0 Å². The standard InChI is InChI=1S/C10H9BrN2/c1-6-4-7-9(13-5-6)3-2-8(11)10(7)12/h2-5H,12H2,1H3. The molecule has 2 rings (SSSR count). The topological polar surface area (TPSA) is 38.9 Å². The second-order valence-electron chi connectivity index (χ2n) is 3.04. The Hall–Kier alpha value is -1.09. The van der Waals surface area contributed by atoms with Gasteiger partial charge in [0.15, 0.2) is 0 Å². The lowest BCUT2D eigenvalue weighted by Gasteiger charge is -2.03. The lowest BCUT2D eigenvalue weighted by molar-refractivity contribution is 1.33. The van der Waals surface area contributed by atoms with Crippen molar-refractivity contribution < 1.29 is 0 Å². The number of halogens is 1. The van der Waals surface area contributed by atoms with E-state index in [4.69, 9.17) is 5.73 Å². The first kappa shape index (κ1) is 8.51. The van der Waals surface area contributed by atoms with Crippen LogP contribution in [-0.4, -0.2) is 4.98 Å². The maximum absolute atomic E-state index is 5.90. The van der Waals surface area contributed by atoms with E-state index in [-0.39, 0.29) is 0 Å². The Morgan fingerprint density at radius 2 is 2.15 bits per heavy atom. The molecule has 2 aromatic rings. The summed E-state index contributed by atoms with van der Waals surface area (Å²) in [6.45, 7) is 2.01. The van der Waals surface area contributed by atoms with E-state index in [1.165, 1.54) is 0 Å². The molecular formula is C10H9BrN2. The van der Waals surface area contributed by atoms with Gasteiger partial charge in [0.1, 0.15) is 0 Å². The van der Waals surface area contributed by atoms with Crippen LogP contribution in [-0.2, 0) is 0 Å². The number of rotatable bonds is 0. The Labute approximate surface area is 84.9 Å². The summed E-state index contributed by atoms with van der Waals surface area (Å²) in [5.74, 6) is 0. The molecule has 2 N–H and O–H groups in total. The Morgan fingerprint density at radius 3 is 2.92 bits per heavy atom. The lowest BCUT2D eigenvalue weighted by Crippen LogP contribution is -1.90. The number of nitrogen functional groups attached to an aromatic ring is 1. The Bertz CT molecular complexity index is 460. The number of fused-ring (bicyclic) bond motifs is 1. The third kappa shape index (κ3) is 1.40. The number of nitrogens with zero attached hydrogens (tertiary/aromatic N) is 1. The van der Waals surface area contributed by atoms with Crippen molar-refractivity contribution in [3.05, 3.63) is 34.4 Å². The molecule has 0 aliphatic carbocycles. The van der Waals surface area contributed by atoms with Crippen LogP contribution < -0.4 is 5.73 Å². The average Bonchev–Trinajstić information content (AvgIpc) is 2.12. The highest BCUT2D eigenvalue weighted by atomic mass is 79.9. The molecule has 3 heteroatoms. The van der Waals surface area contributed by atoms with Crippen LogP contribution in [0.1, 0.15) is 5.56 Å². The highest BCUT2D eigenvalue weighted by Gasteiger charge is 2.02. The molecule has 0 saturated carbocycles. The van der Waals surface area contributed by atoms with Gasteiger partial charge in [-0.2, -0.15) is 0 Å². The van der Waals surface area contributed by atoms with Crippen molar-refractivity contribution in [1.29, 1.82) is 0 Å². The zero-order valence-corrected chi connectivity index (χ0v) is 8.80. The molecule has 0 aliphatic rings. The van der Waals surface area contributed by atoms with Crippen LogP contribution in [0.2, 0.25) is 0 Å². The molecular weight excluding hydrogens is 228 g/mol. The minimum Gasteiger partial charge on any atom is -0.397 e. The molecule has 1 heterocycles. The van der Waals surface area contributed by atoms with E-state index >= 15 is 0 Å². The first-order valence-electron chi connectivity index (χ1n) is 3.99. The van der Waals surface area contributed by atoms with Crippen LogP contribution in [0.15, 0.2) is 28.9 Å². The fraction of sp³-hybridized carbons (Fsp3) is 0.100. The van der Waals surface area contributed by atoms with E-state index in [1.54, 1.807) is 0 Å². The summed E-state index contributed by atoms with van der Waals surface area (Å²) >= 11 is 3.39. The number of nitrogens with two attached hydrogens (primary N) is 1. The number of benzene rings is 1. The maximum Gasteiger partial charge on any atom is 0.0723 e. The summed E-state index contributed by atoms with van der Waals surface area (Å²) in [6, 6.07) is 5.91. The van der Waals surface area contributed by atoms with Crippen LogP contribution in [0.4, 0.5) is 5.69 Å². The quantitative estimate of drug-likeness (QED) is 0.715. The molecule has 0 radical (unpaired) electrons. The minimum absolute atomic E-state index is 0.758. The van der Waals surface area contributed by atoms with Crippen molar-refractivity contribution >= 4 is 32.5 Å². The zero-order chi connectivity index (χ0) is 9.42. The Kier molecular flexibility index (Phi) is 1.96. The summed E-state index contributed by atoms with van der Waals surface area (Å²) in [4.78, 5) is 4.28. The van der Waals surface area contributed by atoms with Gasteiger partial charge >= 0.3 is 0 Å². The van der Waals surface area contributed by atoms with Crippen LogP contribution in [0.5, 0.6) is 0 Å². The van der Waals surface area contributed by atoms with Crippen molar-refractivity contribution in [2.45, 2.75) is 6.92 Å². The SMILES string of the molecule is Cc1cnc2ccc(Br)c(N)c2c1. The molecule has 66 valence electrons. The molecule has 0 atom stereocenters. The smallest absolute Gasteiger partial charge is 0.0723 e. The normalized spacial score (nSPS) is 10.6. The van der Waals surface area contributed by atoms with Gasteiger partial charge in [0, 0.05) is 16.1 Å². The fourth-order valence-corrected chi connectivity index (χ4v) is 1.64. The van der Waals surface area contributed by atoms with Crippen LogP contribution >= 0.6 is 15.9 Å². The Morgan fingerprint density at radius 1 is 1.38 bits per heavy atom. The van der Waals surface area contributed by atoms with Crippen molar-refractivity contribution in [3.63, 3.8) is 0 Å². The van der Waals surface area contributed by atoms with Gasteiger partial charge in [-0.05, 0) is 46.6 Å². The van der Waals surface area contributed by atoms with Gasteiger partial charge < -0.3 is 5.73 Å². The number of pyridine rings is 1. The summed E-state index contributed by atoms with van der Waals surface area (Å²) < 4.78 is 0.924. The number of hydrogen-bond donors (Lipinski definition) is 1. The van der Waals surface area contributed by atoms with Gasteiger partial charge in [0.05, 0.1) is 11.2 Å². The lowest BCUT2D eigenvalue weighted by atomic mass is 10.1. The molecule has 0 bridgehead atoms. The number of hydrogen-bond acceptors (Lipinski definition) is 2. The molecule has 0 unspecified atom stereocenters. The van der Waals surface area contributed by atoms with E-state index in [0.717, 1.165) is 26.6 Å². The summed E-state index contributed by atoms with van der Waals surface area (Å²) in [5, 5.41) is 1.01. The Balaban J connectivity index is 2.89. The monoisotopic (exact) mass is 236 g/mol. The summed E-state index contributed by atoms with van der Waals surface area (Å²) in [7, 11) is 0. The third-order valence-electron chi connectivity index (χ3n) is 1.99. The number of anilines is 1. The molecule has 1 aromatic heterocycles. The van der Waals surface area contributed by atoms with Gasteiger partial charge in [-0.15, -0.1) is 0 Å². The van der Waals surface area contributed by atoms with E-state index in [1.807, 2.05) is 31.3 Å². The molecule has 0 amide bonds. The zero-order valence-electron chi connectivity index (χ0n) is 7.21. The summed E-state index contributed by atoms with van der Waals surface area (Å²) in [5.41, 5.74) is 8.72. The van der Waals surface area contributed by atoms with Gasteiger partial charge in [0.25, 0.3) is 0 Å². The largest absolute Gasteiger partial charge is 0.397 e. The second kappa shape index (κ2) is 3.00. The van der Waals surface area contributed by atoms with E-state index in [2.05, 4.69) is 20.9 Å². The van der Waals surface area contributed by atoms with Crippen molar-refractivity contribution in [2.75, 3.05) is 5.73 Å². The molecule has 0 fully saturated rings. The van der Waals surface area contributed by atoms with Crippen LogP contribution in [0, 0.1) is 6.92 Å². The molecule has 0 saturated heterocycles. The fourth-order valence-electron chi connectivity index (χ4n) is 1.30. The predicted molar refractivity (Wildman–Crippen MR) is 58.6 cm³/mol. The van der Waals surface area contributed by atoms with Gasteiger partial charge in [0.2, 0.25) is 0 Å². The minimum atomic E-state index is 0.758. The highest BCUT2D eigenvalue weighted by molar-refractivity contribution is 9.10. The number of aromatic nitrogens is 1. The molecule has 0 spiro atoms. The van der Waals surface area contributed by atoms with Gasteiger partial charge in [-0.3, -0.25) is 4.98 Å². The van der Waals surface area contributed by atoms with Crippen molar-refractivity contribution in [1.82, 2.24) is 4.98 Å². The molecule has 0 aliphatic heterocycles. The molecule has 13 heavy (non-hydrogen) atoms. The first-order chi connectivity index (χ1) is 6.18. The molecule has 2 nitrogen and oxygen atoms in total. The average molecular weight is 237 g/mol. The first-order valence-corrected chi connectivity index (χ1v) is 4.78. The maximum atomic E-state index is 5.90. The number of aryl methyl sites for hydroxylation is 1. The second-order valence-corrected chi connectivity index (χ2v) is 3.89. The van der Waals surface area contributed by atoms with E-state index in [9.17, 15) is 0 Å². The van der Waals surface area contributed by atoms with Crippen molar-refractivity contribution in [3.8, 4) is 0 Å². The van der Waals surface area contributed by atoms with E-state index < -0.39 is 0 Å². The summed E-state index contributed by atoms with van der Waals surface area (Å²) in [6.07, 6.45) is 1.84. The highest BCUT2D eigenvalue weighted by Crippen LogP contribution is 2.27. The molecule has 1 aromatic carbocycles. The van der Waals surface area contributed by atoms with Crippen LogP contribution in [0.3, 0.4) is 0 Å². The predicted octanol–water partition coefficient (Wildman–Crippen LogP) is 2.89. The van der Waals surface area contributed by atoms with Gasteiger partial charge in [-0.1, -0.05) is 0 Å². The van der Waals surface area contributed by atoms with Crippen LogP contribution in [0.25, 0.3) is 10.9 Å². The van der Waals surface area contributed by atoms with Gasteiger partial charge in [-0.25, -0.2) is 0 Å². The third-order valence-corrected chi connectivity index (χ3v) is 2.68.